The van der Waals surface area contributed by atoms with E-state index in [1.165, 1.54) is 289 Å². The summed E-state index contributed by atoms with van der Waals surface area (Å²) in [5.41, 5.74) is 5.51. The quantitative estimate of drug-likeness (QED) is 0.0310. The van der Waals surface area contributed by atoms with Crippen molar-refractivity contribution in [2.45, 2.75) is 348 Å². The normalized spacial score (nSPS) is 20.6. The van der Waals surface area contributed by atoms with Gasteiger partial charge in [-0.1, -0.05) is 317 Å². The maximum absolute atomic E-state index is 5.10. The van der Waals surface area contributed by atoms with Crippen molar-refractivity contribution in [2.24, 2.45) is 59.2 Å². The van der Waals surface area contributed by atoms with Crippen LogP contribution < -0.4 is 0 Å². The Morgan fingerprint density at radius 1 is 0.200 bits per heavy atom. The van der Waals surface area contributed by atoms with E-state index in [0.29, 0.717) is 29.6 Å². The van der Waals surface area contributed by atoms with Gasteiger partial charge < -0.3 is 0 Å². The lowest BCUT2D eigenvalue weighted by molar-refractivity contribution is 0.294. The van der Waals surface area contributed by atoms with Crippen molar-refractivity contribution in [1.29, 1.82) is 0 Å². The van der Waals surface area contributed by atoms with E-state index in [9.17, 15) is 0 Å². The summed E-state index contributed by atoms with van der Waals surface area (Å²) in [5, 5.41) is 0. The number of hydrogen-bond donors (Lipinski definition) is 0. The second-order valence-electron chi connectivity index (χ2n) is 31.8. The molecule has 0 saturated heterocycles. The van der Waals surface area contributed by atoms with Crippen LogP contribution in [0, 0.1) is 118 Å². The predicted molar refractivity (Wildman–Crippen MR) is 479 cm³/mol. The molecule has 5 aliphatic carbocycles. The molecule has 0 amide bonds. The van der Waals surface area contributed by atoms with E-state index < -0.39 is 0 Å². The van der Waals surface area contributed by atoms with E-state index in [0.717, 1.165) is 81.9 Å². The largest absolute Gasteiger partial charge is 0.269 e. The lowest BCUT2D eigenvalue weighted by Crippen LogP contribution is -2.13. The van der Waals surface area contributed by atoms with Crippen LogP contribution >= 0.6 is 63.1 Å². The zero-order valence-electron chi connectivity index (χ0n) is 68.2. The predicted octanol–water partition coefficient (Wildman–Crippen LogP) is 32.6. The Kier molecular flexibility index (Phi) is 60.6. The molecular formula is C100H140F5S5. The van der Waals surface area contributed by atoms with Gasteiger partial charge >= 0.3 is 0 Å². The lowest BCUT2D eigenvalue weighted by atomic mass is 9.80. The number of rotatable bonds is 25. The SMILES string of the molecule is CCCCCC[C@H]1CC[C@H](C#Cc2ccc([S])cc2)CC1.CCCCCC[C@H]1CC[C@H](C#Cc2ccc([S])cc2)CC1.CCCCCC[C@H]1CC[C@H](C#Cc2ccc([S])cc2)CC1.CCCCCC[C@H]1CC[C@H](C#Cc2ccc([S])cc2)CC1.CCCCCC[C@H]1CC[C@H](C#Cc2ccc([S])cc2)CC1.F.F.F.F.F. The topological polar surface area (TPSA) is 0 Å². The van der Waals surface area contributed by atoms with Crippen molar-refractivity contribution in [2.75, 3.05) is 0 Å². The van der Waals surface area contributed by atoms with Gasteiger partial charge in [-0.15, -0.1) is 0 Å². The Labute approximate surface area is 697 Å². The van der Waals surface area contributed by atoms with Gasteiger partial charge in [0.1, 0.15) is 0 Å². The Balaban J connectivity index is 0.000000680. The molecule has 605 valence electrons. The van der Waals surface area contributed by atoms with Gasteiger partial charge in [-0.05, 0) is 279 Å². The van der Waals surface area contributed by atoms with E-state index in [1.807, 2.05) is 121 Å². The Bertz CT molecular complexity index is 2830. The molecule has 0 spiro atoms. The average Bonchev–Trinajstić information content (AvgIpc) is 0.911. The molecule has 0 unspecified atom stereocenters. The summed E-state index contributed by atoms with van der Waals surface area (Å²) in [6, 6.07) is 40.0. The number of hydrogen-bond acceptors (Lipinski definition) is 0. The maximum atomic E-state index is 5.10. The molecule has 5 fully saturated rings. The summed E-state index contributed by atoms with van der Waals surface area (Å²) in [7, 11) is 0. The first kappa shape index (κ1) is 103. The van der Waals surface area contributed by atoms with E-state index in [2.05, 4.69) is 93.8 Å². The molecule has 5 aromatic rings. The van der Waals surface area contributed by atoms with Crippen LogP contribution in [0.25, 0.3) is 0 Å². The molecule has 110 heavy (non-hydrogen) atoms. The highest BCUT2D eigenvalue weighted by atomic mass is 32.1. The molecule has 5 saturated carbocycles. The van der Waals surface area contributed by atoms with Gasteiger partial charge in [-0.3, -0.25) is 23.5 Å². The second-order valence-corrected chi connectivity index (χ2v) is 34.2. The monoisotopic (exact) mass is 1600 g/mol. The first-order valence-electron chi connectivity index (χ1n) is 42.8. The molecule has 0 heterocycles. The standard InChI is InChI=1S/5C20H27S.5FH/c5*1-2-3-4-5-6-17-7-9-18(10-8-17)11-12-19-13-15-20(21)16-14-19;;;;;/h5*13-18H,2-10H2,1H3;5*1H/t5*17-,18-;;;;;. The van der Waals surface area contributed by atoms with Gasteiger partial charge in [0.05, 0.1) is 0 Å². The molecule has 10 heteroatoms. The fraction of sp³-hybridized carbons (Fsp3) is 0.600. The minimum atomic E-state index is 0. The summed E-state index contributed by atoms with van der Waals surface area (Å²) in [6.45, 7) is 11.4. The number of halogens is 5. The van der Waals surface area contributed by atoms with Crippen molar-refractivity contribution < 1.29 is 23.5 Å². The average molecular weight is 1600 g/mol. The molecule has 5 aliphatic rings. The van der Waals surface area contributed by atoms with E-state index in [4.69, 9.17) is 63.1 Å². The van der Waals surface area contributed by atoms with E-state index >= 15 is 0 Å². The van der Waals surface area contributed by atoms with Crippen LogP contribution in [0.1, 0.15) is 351 Å². The van der Waals surface area contributed by atoms with Gasteiger partial charge in [-0.25, -0.2) is 0 Å². The first-order chi connectivity index (χ1) is 51.4. The van der Waals surface area contributed by atoms with Gasteiger partial charge in [0, 0.05) is 81.9 Å². The lowest BCUT2D eigenvalue weighted by Gasteiger charge is -2.25. The van der Waals surface area contributed by atoms with Crippen LogP contribution in [0.15, 0.2) is 146 Å². The molecule has 0 N–H and O–H groups in total. The Morgan fingerprint density at radius 3 is 0.464 bits per heavy atom. The van der Waals surface area contributed by atoms with Crippen LogP contribution in [0.2, 0.25) is 0 Å². The molecule has 0 aromatic heterocycles. The third kappa shape index (κ3) is 47.4. The summed E-state index contributed by atoms with van der Waals surface area (Å²) in [4.78, 5) is 4.46. The van der Waals surface area contributed by atoms with Gasteiger partial charge in [0.2, 0.25) is 0 Å². The third-order valence-corrected chi connectivity index (χ3v) is 24.3. The smallest absolute Gasteiger partial charge is 0.0377 e. The molecule has 0 nitrogen and oxygen atoms in total. The molecule has 5 radical (unpaired) electrons. The fourth-order valence-corrected chi connectivity index (χ4v) is 16.6. The number of unbranched alkanes of at least 4 members (excludes halogenated alkanes) is 15. The molecule has 0 aliphatic heterocycles. The van der Waals surface area contributed by atoms with Crippen molar-refractivity contribution in [3.05, 3.63) is 149 Å². The van der Waals surface area contributed by atoms with Crippen molar-refractivity contribution >= 4 is 63.1 Å². The van der Waals surface area contributed by atoms with Crippen molar-refractivity contribution in [1.82, 2.24) is 0 Å². The van der Waals surface area contributed by atoms with Gasteiger partial charge in [0.15, 0.2) is 0 Å². The van der Waals surface area contributed by atoms with Crippen LogP contribution in [0.5, 0.6) is 0 Å². The molecule has 0 bridgehead atoms. The summed E-state index contributed by atoms with van der Waals surface area (Å²) < 4.78 is 0. The van der Waals surface area contributed by atoms with Crippen LogP contribution in [-0.2, 0) is 0 Å². The second kappa shape index (κ2) is 65.0. The van der Waals surface area contributed by atoms with Crippen molar-refractivity contribution in [3.8, 4) is 59.2 Å². The zero-order valence-corrected chi connectivity index (χ0v) is 72.3. The molecular weight excluding hydrogens is 1460 g/mol. The van der Waals surface area contributed by atoms with Crippen LogP contribution in [0.4, 0.5) is 23.5 Å². The summed E-state index contributed by atoms with van der Waals surface area (Å²) >= 11 is 25.5. The first-order valence-corrected chi connectivity index (χ1v) is 44.9. The zero-order chi connectivity index (χ0) is 74.6. The minimum Gasteiger partial charge on any atom is -0.269 e. The maximum Gasteiger partial charge on any atom is 0.0377 e. The Hall–Kier alpha value is -5.35. The molecule has 5 aromatic carbocycles. The third-order valence-electron chi connectivity index (χ3n) is 22.9. The number of benzene rings is 5. The van der Waals surface area contributed by atoms with Gasteiger partial charge in [-0.2, -0.15) is 0 Å². The van der Waals surface area contributed by atoms with Crippen molar-refractivity contribution in [3.63, 3.8) is 0 Å². The molecule has 0 atom stereocenters. The Morgan fingerprint density at radius 2 is 0.336 bits per heavy atom. The highest BCUT2D eigenvalue weighted by Crippen LogP contribution is 2.37. The minimum absolute atomic E-state index is 0. The van der Waals surface area contributed by atoms with Gasteiger partial charge in [0.25, 0.3) is 0 Å². The highest BCUT2D eigenvalue weighted by molar-refractivity contribution is 7.81. The highest BCUT2D eigenvalue weighted by Gasteiger charge is 2.24. The fourth-order valence-electron chi connectivity index (χ4n) is 15.9. The van der Waals surface area contributed by atoms with E-state index in [1.54, 1.807) is 0 Å². The van der Waals surface area contributed by atoms with E-state index in [-0.39, 0.29) is 23.5 Å². The molecule has 10 rings (SSSR count). The summed E-state index contributed by atoms with van der Waals surface area (Å²) in [5.74, 6) is 41.9. The van der Waals surface area contributed by atoms with Crippen LogP contribution in [0.3, 0.4) is 0 Å². The van der Waals surface area contributed by atoms with Crippen LogP contribution in [-0.4, -0.2) is 0 Å². The summed E-state index contributed by atoms with van der Waals surface area (Å²) in [6.07, 6.45) is 62.1.